The summed E-state index contributed by atoms with van der Waals surface area (Å²) in [5.41, 5.74) is 0.438. The molecule has 0 aliphatic rings. The van der Waals surface area contributed by atoms with Crippen molar-refractivity contribution in [1.82, 2.24) is 0 Å². The highest BCUT2D eigenvalue weighted by atomic mass is 17.2. The first-order chi connectivity index (χ1) is 8.77. The molecule has 1 radical (unpaired) electrons. The van der Waals surface area contributed by atoms with E-state index in [0.717, 1.165) is 25.0 Å². The number of ether oxygens (including phenoxy) is 1. The highest BCUT2D eigenvalue weighted by Crippen LogP contribution is 2.13. The average Bonchev–Trinajstić information content (AvgIpc) is 2.41. The zero-order chi connectivity index (χ0) is 13.2. The Kier molecular flexibility index (Phi) is 6.87. The van der Waals surface area contributed by atoms with E-state index in [0.29, 0.717) is 18.8 Å². The Balaban J connectivity index is 2.38. The Bertz CT molecular complexity index is 345. The third-order valence-corrected chi connectivity index (χ3v) is 2.18. The average molecular weight is 251 g/mol. The van der Waals surface area contributed by atoms with Gasteiger partial charge in [-0.1, -0.05) is 20.3 Å². The molecule has 0 heterocycles. The summed E-state index contributed by atoms with van der Waals surface area (Å²) in [5, 5.41) is 0. The Labute approximate surface area is 108 Å². The zero-order valence-corrected chi connectivity index (χ0v) is 10.7. The number of unbranched alkanes of at least 4 members (excludes halogenated alkanes) is 1. The summed E-state index contributed by atoms with van der Waals surface area (Å²) >= 11 is 0. The van der Waals surface area contributed by atoms with Crippen LogP contribution in [-0.4, -0.2) is 19.2 Å². The minimum absolute atomic E-state index is 0.368. The quantitative estimate of drug-likeness (QED) is 0.404. The second-order valence-corrected chi connectivity index (χ2v) is 3.77. The van der Waals surface area contributed by atoms with Crippen molar-refractivity contribution < 1.29 is 19.3 Å². The first-order valence-corrected chi connectivity index (χ1v) is 6.13. The number of benzene rings is 1. The fourth-order valence-corrected chi connectivity index (χ4v) is 1.21. The van der Waals surface area contributed by atoms with Crippen molar-refractivity contribution in [2.45, 2.75) is 26.2 Å². The van der Waals surface area contributed by atoms with E-state index in [1.165, 1.54) is 0 Å². The highest BCUT2D eigenvalue weighted by molar-refractivity contribution is 5.89. The Morgan fingerprint density at radius 2 is 1.94 bits per heavy atom. The molecule has 0 unspecified atom stereocenters. The molecule has 4 heteroatoms. The number of rotatable bonds is 8. The second-order valence-electron chi connectivity index (χ2n) is 3.77. The van der Waals surface area contributed by atoms with Gasteiger partial charge in [-0.15, -0.1) is 0 Å². The summed E-state index contributed by atoms with van der Waals surface area (Å²) in [5.74, 6) is 0.243. The highest BCUT2D eigenvalue weighted by Gasteiger charge is 2.08. The van der Waals surface area contributed by atoms with Crippen LogP contribution in [0.3, 0.4) is 0 Å². The molecule has 0 atom stereocenters. The van der Waals surface area contributed by atoms with E-state index in [1.807, 2.05) is 6.92 Å². The van der Waals surface area contributed by atoms with E-state index in [2.05, 4.69) is 11.8 Å². The van der Waals surface area contributed by atoms with Gasteiger partial charge in [0.25, 0.3) is 0 Å². The number of hydrogen-bond donors (Lipinski definition) is 0. The second kappa shape index (κ2) is 8.53. The maximum absolute atomic E-state index is 11.5. The smallest absolute Gasteiger partial charge is 0.373 e. The van der Waals surface area contributed by atoms with E-state index >= 15 is 0 Å². The van der Waals surface area contributed by atoms with Crippen LogP contribution in [0.1, 0.15) is 36.5 Å². The molecule has 1 aromatic rings. The van der Waals surface area contributed by atoms with Crippen LogP contribution in [-0.2, 0) is 9.78 Å². The van der Waals surface area contributed by atoms with Gasteiger partial charge in [-0.2, -0.15) is 4.89 Å². The lowest BCUT2D eigenvalue weighted by atomic mass is 10.2. The van der Waals surface area contributed by atoms with Gasteiger partial charge >= 0.3 is 5.97 Å². The van der Waals surface area contributed by atoms with Crippen LogP contribution >= 0.6 is 0 Å². The van der Waals surface area contributed by atoms with Crippen molar-refractivity contribution in [3.05, 3.63) is 36.8 Å². The van der Waals surface area contributed by atoms with Crippen LogP contribution in [0, 0.1) is 6.92 Å². The van der Waals surface area contributed by atoms with Crippen LogP contribution in [0.5, 0.6) is 5.75 Å². The predicted molar refractivity (Wildman–Crippen MR) is 68.2 cm³/mol. The SMILES string of the molecule is [CH2]CCCOOC(=O)c1ccc(OCCC)cc1. The number of carbonyl (C=O) groups is 1. The van der Waals surface area contributed by atoms with Gasteiger partial charge in [0.15, 0.2) is 0 Å². The third kappa shape index (κ3) is 5.19. The van der Waals surface area contributed by atoms with Gasteiger partial charge < -0.3 is 4.74 Å². The summed E-state index contributed by atoms with van der Waals surface area (Å²) < 4.78 is 5.41. The summed E-state index contributed by atoms with van der Waals surface area (Å²) in [6.45, 7) is 6.73. The largest absolute Gasteiger partial charge is 0.494 e. The molecule has 0 saturated heterocycles. The molecule has 0 aliphatic heterocycles. The molecule has 4 nitrogen and oxygen atoms in total. The van der Waals surface area contributed by atoms with E-state index in [4.69, 9.17) is 9.62 Å². The lowest BCUT2D eigenvalue weighted by Gasteiger charge is -2.05. The molecule has 18 heavy (non-hydrogen) atoms. The summed E-state index contributed by atoms with van der Waals surface area (Å²) in [7, 11) is 0. The fourth-order valence-electron chi connectivity index (χ4n) is 1.21. The molecule has 0 aromatic heterocycles. The molecule has 1 rings (SSSR count). The van der Waals surface area contributed by atoms with Gasteiger partial charge in [0.1, 0.15) is 5.75 Å². The fraction of sp³-hybridized carbons (Fsp3) is 0.429. The Morgan fingerprint density at radius 1 is 1.22 bits per heavy atom. The predicted octanol–water partition coefficient (Wildman–Crippen LogP) is 3.18. The molecule has 0 saturated carbocycles. The molecular weight excluding hydrogens is 232 g/mol. The van der Waals surface area contributed by atoms with Crippen LogP contribution in [0.4, 0.5) is 0 Å². The van der Waals surface area contributed by atoms with E-state index < -0.39 is 5.97 Å². The van der Waals surface area contributed by atoms with Crippen LogP contribution < -0.4 is 4.74 Å². The molecule has 0 spiro atoms. The first kappa shape index (κ1) is 14.5. The van der Waals surface area contributed by atoms with E-state index in [9.17, 15) is 4.79 Å². The maximum atomic E-state index is 11.5. The minimum Gasteiger partial charge on any atom is -0.494 e. The minimum atomic E-state index is -0.499. The lowest BCUT2D eigenvalue weighted by molar-refractivity contribution is -0.241. The summed E-state index contributed by atoms with van der Waals surface area (Å²) in [6.07, 6.45) is 2.46. The van der Waals surface area contributed by atoms with Crippen molar-refractivity contribution >= 4 is 5.97 Å². The molecule has 1 aromatic carbocycles. The monoisotopic (exact) mass is 251 g/mol. The van der Waals surface area contributed by atoms with Crippen molar-refractivity contribution in [3.8, 4) is 5.75 Å². The van der Waals surface area contributed by atoms with Crippen LogP contribution in [0.15, 0.2) is 24.3 Å². The number of carbonyl (C=O) groups excluding carboxylic acids is 1. The van der Waals surface area contributed by atoms with Gasteiger partial charge in [-0.3, -0.25) is 4.89 Å². The summed E-state index contributed by atoms with van der Waals surface area (Å²) in [6, 6.07) is 6.78. The van der Waals surface area contributed by atoms with Gasteiger partial charge in [-0.25, -0.2) is 4.79 Å². The van der Waals surface area contributed by atoms with Gasteiger partial charge in [0, 0.05) is 0 Å². The van der Waals surface area contributed by atoms with Crippen LogP contribution in [0.25, 0.3) is 0 Å². The Hall–Kier alpha value is -1.55. The standard InChI is InChI=1S/C14H19O4/c1-3-5-11-17-18-14(15)12-6-8-13(9-7-12)16-10-4-2/h6-9H,1,3-5,10-11H2,2H3. The van der Waals surface area contributed by atoms with E-state index in [1.54, 1.807) is 24.3 Å². The molecule has 0 N–H and O–H groups in total. The molecular formula is C14H19O4. The molecule has 0 bridgehead atoms. The van der Waals surface area contributed by atoms with Crippen LogP contribution in [0.2, 0.25) is 0 Å². The molecule has 0 fully saturated rings. The normalized spacial score (nSPS) is 10.1. The molecule has 99 valence electrons. The maximum Gasteiger partial charge on any atom is 0.373 e. The van der Waals surface area contributed by atoms with Crippen molar-refractivity contribution in [2.75, 3.05) is 13.2 Å². The molecule has 0 amide bonds. The zero-order valence-electron chi connectivity index (χ0n) is 10.7. The van der Waals surface area contributed by atoms with Gasteiger partial charge in [0.05, 0.1) is 18.8 Å². The van der Waals surface area contributed by atoms with Crippen molar-refractivity contribution in [2.24, 2.45) is 0 Å². The topological polar surface area (TPSA) is 44.8 Å². The van der Waals surface area contributed by atoms with Gasteiger partial charge in [0.2, 0.25) is 0 Å². The van der Waals surface area contributed by atoms with Crippen molar-refractivity contribution in [3.63, 3.8) is 0 Å². The Morgan fingerprint density at radius 3 is 2.56 bits per heavy atom. The third-order valence-electron chi connectivity index (χ3n) is 2.18. The lowest BCUT2D eigenvalue weighted by Crippen LogP contribution is -2.07. The number of hydrogen-bond acceptors (Lipinski definition) is 4. The first-order valence-electron chi connectivity index (χ1n) is 6.13. The molecule has 0 aliphatic carbocycles. The summed E-state index contributed by atoms with van der Waals surface area (Å²) in [4.78, 5) is 20.9. The van der Waals surface area contributed by atoms with E-state index in [-0.39, 0.29) is 0 Å². The van der Waals surface area contributed by atoms with Gasteiger partial charge in [-0.05, 0) is 37.1 Å². The van der Waals surface area contributed by atoms with Crippen molar-refractivity contribution in [1.29, 1.82) is 0 Å².